The molecule has 1 unspecified atom stereocenters. The Morgan fingerprint density at radius 2 is 2.00 bits per heavy atom. The van der Waals surface area contributed by atoms with E-state index in [0.717, 1.165) is 43.5 Å². The van der Waals surface area contributed by atoms with Crippen LogP contribution in [-0.4, -0.2) is 28.8 Å². The van der Waals surface area contributed by atoms with E-state index >= 15 is 0 Å². The molecule has 0 aromatic carbocycles. The number of aldehydes is 1. The van der Waals surface area contributed by atoms with E-state index in [4.69, 9.17) is 0 Å². The summed E-state index contributed by atoms with van der Waals surface area (Å²) in [7, 11) is 0. The molecule has 1 aliphatic rings. The van der Waals surface area contributed by atoms with Crippen molar-refractivity contribution in [2.24, 2.45) is 0 Å². The molecule has 1 aromatic rings. The maximum atomic E-state index is 11.0. The number of piperidine rings is 1. The summed E-state index contributed by atoms with van der Waals surface area (Å²) in [5.74, 6) is 0.703. The van der Waals surface area contributed by atoms with Gasteiger partial charge in [0.15, 0.2) is 0 Å². The molecule has 0 radical (unpaired) electrons. The number of aromatic nitrogens is 2. The molecule has 1 atom stereocenters. The molecule has 1 saturated heterocycles. The number of nitrogens with zero attached hydrogens (tertiary/aromatic N) is 3. The van der Waals surface area contributed by atoms with Gasteiger partial charge in [-0.15, -0.1) is 0 Å². The fourth-order valence-electron chi connectivity index (χ4n) is 2.18. The van der Waals surface area contributed by atoms with E-state index in [9.17, 15) is 4.79 Å². The Balaban J connectivity index is 2.30. The monoisotopic (exact) mass is 219 g/mol. The summed E-state index contributed by atoms with van der Waals surface area (Å²) < 4.78 is 0. The molecule has 0 saturated carbocycles. The molecule has 2 heterocycles. The first-order valence-electron chi connectivity index (χ1n) is 5.75. The Kier molecular flexibility index (Phi) is 3.17. The first kappa shape index (κ1) is 11.0. The molecule has 0 bridgehead atoms. The van der Waals surface area contributed by atoms with Gasteiger partial charge in [0.05, 0.1) is 6.04 Å². The molecule has 1 fully saturated rings. The molecular weight excluding hydrogens is 202 g/mol. The van der Waals surface area contributed by atoms with Gasteiger partial charge in [-0.1, -0.05) is 0 Å². The lowest BCUT2D eigenvalue weighted by atomic mass is 10.0. The van der Waals surface area contributed by atoms with E-state index in [1.807, 2.05) is 24.8 Å². The summed E-state index contributed by atoms with van der Waals surface area (Å²) in [5, 5.41) is 0. The van der Waals surface area contributed by atoms with Crippen LogP contribution >= 0.6 is 0 Å². The molecule has 0 aliphatic carbocycles. The number of hydrogen-bond acceptors (Lipinski definition) is 4. The zero-order valence-corrected chi connectivity index (χ0v) is 9.81. The van der Waals surface area contributed by atoms with Gasteiger partial charge in [0.1, 0.15) is 6.29 Å². The lowest BCUT2D eigenvalue weighted by molar-refractivity contribution is -0.109. The highest BCUT2D eigenvalue weighted by molar-refractivity contribution is 5.64. The molecule has 4 nitrogen and oxygen atoms in total. The average molecular weight is 219 g/mol. The van der Waals surface area contributed by atoms with Crippen LogP contribution in [-0.2, 0) is 4.79 Å². The van der Waals surface area contributed by atoms with Crippen LogP contribution in [0, 0.1) is 13.8 Å². The second-order valence-electron chi connectivity index (χ2n) is 4.34. The van der Waals surface area contributed by atoms with Crippen molar-refractivity contribution in [1.82, 2.24) is 9.97 Å². The van der Waals surface area contributed by atoms with E-state index in [0.29, 0.717) is 5.95 Å². The van der Waals surface area contributed by atoms with Gasteiger partial charge in [-0.3, -0.25) is 0 Å². The Morgan fingerprint density at radius 3 is 2.62 bits per heavy atom. The van der Waals surface area contributed by atoms with Crippen molar-refractivity contribution < 1.29 is 4.79 Å². The van der Waals surface area contributed by atoms with E-state index in [-0.39, 0.29) is 6.04 Å². The molecule has 86 valence electrons. The number of carbonyl (C=O) groups is 1. The van der Waals surface area contributed by atoms with Crippen molar-refractivity contribution >= 4 is 12.2 Å². The van der Waals surface area contributed by atoms with Crippen LogP contribution in [0.3, 0.4) is 0 Å². The van der Waals surface area contributed by atoms with Gasteiger partial charge in [-0.05, 0) is 39.2 Å². The van der Waals surface area contributed by atoms with Gasteiger partial charge >= 0.3 is 0 Å². The van der Waals surface area contributed by atoms with Crippen molar-refractivity contribution in [2.75, 3.05) is 11.4 Å². The number of rotatable bonds is 2. The summed E-state index contributed by atoms with van der Waals surface area (Å²) in [6.07, 6.45) is 4.16. The van der Waals surface area contributed by atoms with Gasteiger partial charge in [0.25, 0.3) is 0 Å². The van der Waals surface area contributed by atoms with Gasteiger partial charge in [-0.2, -0.15) is 0 Å². The second kappa shape index (κ2) is 4.60. The summed E-state index contributed by atoms with van der Waals surface area (Å²) in [6.45, 7) is 4.79. The minimum Gasteiger partial charge on any atom is -0.331 e. The molecule has 2 rings (SSSR count). The van der Waals surface area contributed by atoms with Gasteiger partial charge in [0, 0.05) is 17.9 Å². The SMILES string of the molecule is Cc1cc(C)nc(N2CCCCC2C=O)n1. The third kappa shape index (κ3) is 2.21. The molecule has 1 aromatic heterocycles. The predicted octanol–water partition coefficient (Wildman–Crippen LogP) is 1.65. The smallest absolute Gasteiger partial charge is 0.226 e. The first-order chi connectivity index (χ1) is 7.70. The molecular formula is C12H17N3O. The fraction of sp³-hybridized carbons (Fsp3) is 0.583. The minimum absolute atomic E-state index is 0.0463. The quantitative estimate of drug-likeness (QED) is 0.709. The van der Waals surface area contributed by atoms with Gasteiger partial charge in [0.2, 0.25) is 5.95 Å². The molecule has 4 heteroatoms. The van der Waals surface area contributed by atoms with Crippen LogP contribution in [0.25, 0.3) is 0 Å². The summed E-state index contributed by atoms with van der Waals surface area (Å²) in [6, 6.07) is 1.90. The van der Waals surface area contributed by atoms with Crippen LogP contribution in [0.4, 0.5) is 5.95 Å². The largest absolute Gasteiger partial charge is 0.331 e. The van der Waals surface area contributed by atoms with Gasteiger partial charge < -0.3 is 9.69 Å². The van der Waals surface area contributed by atoms with Crippen LogP contribution in [0.5, 0.6) is 0 Å². The summed E-state index contributed by atoms with van der Waals surface area (Å²) >= 11 is 0. The number of anilines is 1. The summed E-state index contributed by atoms with van der Waals surface area (Å²) in [5.41, 5.74) is 1.91. The summed E-state index contributed by atoms with van der Waals surface area (Å²) in [4.78, 5) is 21.9. The second-order valence-corrected chi connectivity index (χ2v) is 4.34. The van der Waals surface area contributed by atoms with Crippen molar-refractivity contribution in [3.8, 4) is 0 Å². The number of aryl methyl sites for hydroxylation is 2. The predicted molar refractivity (Wildman–Crippen MR) is 62.6 cm³/mol. The third-order valence-electron chi connectivity index (χ3n) is 2.93. The van der Waals surface area contributed by atoms with E-state index < -0.39 is 0 Å². The number of hydrogen-bond donors (Lipinski definition) is 0. The lowest BCUT2D eigenvalue weighted by Crippen LogP contribution is -2.41. The molecule has 0 spiro atoms. The molecule has 1 aliphatic heterocycles. The maximum Gasteiger partial charge on any atom is 0.226 e. The van der Waals surface area contributed by atoms with Crippen molar-refractivity contribution in [1.29, 1.82) is 0 Å². The highest BCUT2D eigenvalue weighted by atomic mass is 16.1. The molecule has 0 amide bonds. The van der Waals surface area contributed by atoms with E-state index in [2.05, 4.69) is 9.97 Å². The van der Waals surface area contributed by atoms with Crippen LogP contribution in [0.15, 0.2) is 6.07 Å². The first-order valence-corrected chi connectivity index (χ1v) is 5.75. The van der Waals surface area contributed by atoms with Crippen LogP contribution in [0.1, 0.15) is 30.7 Å². The highest BCUT2D eigenvalue weighted by Gasteiger charge is 2.24. The molecule has 16 heavy (non-hydrogen) atoms. The third-order valence-corrected chi connectivity index (χ3v) is 2.93. The van der Waals surface area contributed by atoms with E-state index in [1.54, 1.807) is 0 Å². The molecule has 0 N–H and O–H groups in total. The van der Waals surface area contributed by atoms with Crippen LogP contribution < -0.4 is 4.90 Å². The van der Waals surface area contributed by atoms with Gasteiger partial charge in [-0.25, -0.2) is 9.97 Å². The van der Waals surface area contributed by atoms with Crippen molar-refractivity contribution in [3.63, 3.8) is 0 Å². The van der Waals surface area contributed by atoms with Crippen molar-refractivity contribution in [2.45, 2.75) is 39.2 Å². The standard InChI is InChI=1S/C12H17N3O/c1-9-7-10(2)14-12(13-9)15-6-4-3-5-11(15)8-16/h7-8,11H,3-6H2,1-2H3. The van der Waals surface area contributed by atoms with E-state index in [1.165, 1.54) is 0 Å². The minimum atomic E-state index is -0.0463. The zero-order valence-electron chi connectivity index (χ0n) is 9.81. The topological polar surface area (TPSA) is 46.1 Å². The maximum absolute atomic E-state index is 11.0. The van der Waals surface area contributed by atoms with Crippen molar-refractivity contribution in [3.05, 3.63) is 17.5 Å². The Hall–Kier alpha value is -1.45. The fourth-order valence-corrected chi connectivity index (χ4v) is 2.18. The zero-order chi connectivity index (χ0) is 11.5. The van der Waals surface area contributed by atoms with Crippen LogP contribution in [0.2, 0.25) is 0 Å². The average Bonchev–Trinajstić information content (AvgIpc) is 2.27. The Labute approximate surface area is 95.7 Å². The Morgan fingerprint density at radius 1 is 1.31 bits per heavy atom. The highest BCUT2D eigenvalue weighted by Crippen LogP contribution is 2.21. The normalized spacial score (nSPS) is 20.9. The Bertz CT molecular complexity index is 372. The lowest BCUT2D eigenvalue weighted by Gasteiger charge is -2.32. The number of carbonyl (C=O) groups excluding carboxylic acids is 1.